The van der Waals surface area contributed by atoms with E-state index in [4.69, 9.17) is 4.74 Å². The van der Waals surface area contributed by atoms with Crippen molar-refractivity contribution in [3.05, 3.63) is 83.1 Å². The molecule has 0 radical (unpaired) electrons. The SMILES string of the molecule is CCCCN(C)Cc1cn[nH]c1-c1ccc(CS(=O)(=O)CC(C)C)cc1.CNCCN(C)CC1=CCN=C1c1ccc(NS(=O)(=O)CCCOC)cc1. The maximum absolute atomic E-state index is 12.2. The lowest BCUT2D eigenvalue weighted by atomic mass is 10.0. The highest BCUT2D eigenvalue weighted by Crippen LogP contribution is 2.24. The topological polar surface area (TPSA) is 149 Å². The van der Waals surface area contributed by atoms with E-state index < -0.39 is 19.9 Å². The van der Waals surface area contributed by atoms with Crippen LogP contribution in [0.15, 0.2) is 71.4 Å². The minimum atomic E-state index is -3.36. The Balaban J connectivity index is 0.000000286. The van der Waals surface area contributed by atoms with E-state index in [0.717, 1.165) is 66.4 Å². The summed E-state index contributed by atoms with van der Waals surface area (Å²) in [5.74, 6) is 0.516. The molecule has 3 aromatic rings. The van der Waals surface area contributed by atoms with Crippen molar-refractivity contribution in [2.24, 2.45) is 10.9 Å². The summed E-state index contributed by atoms with van der Waals surface area (Å²) in [5, 5.41) is 10.4. The molecule has 14 heteroatoms. The van der Waals surface area contributed by atoms with Gasteiger partial charge in [-0.1, -0.05) is 69.7 Å². The van der Waals surface area contributed by atoms with Crippen molar-refractivity contribution < 1.29 is 21.6 Å². The quantitative estimate of drug-likeness (QED) is 0.117. The molecule has 12 nitrogen and oxygen atoms in total. The van der Waals surface area contributed by atoms with E-state index in [1.165, 1.54) is 18.4 Å². The fourth-order valence-electron chi connectivity index (χ4n) is 5.92. The van der Waals surface area contributed by atoms with E-state index in [1.54, 1.807) is 19.2 Å². The molecule has 0 saturated heterocycles. The number of aromatic nitrogens is 2. The number of aliphatic imine (C=N–C) groups is 1. The average Bonchev–Trinajstić information content (AvgIpc) is 3.76. The number of hydrogen-bond donors (Lipinski definition) is 3. The van der Waals surface area contributed by atoms with Crippen LogP contribution in [0.25, 0.3) is 11.3 Å². The summed E-state index contributed by atoms with van der Waals surface area (Å²) in [6, 6.07) is 15.2. The Kier molecular flexibility index (Phi) is 18.3. The normalized spacial score (nSPS) is 13.3. The van der Waals surface area contributed by atoms with Crippen LogP contribution in [0.5, 0.6) is 0 Å². The summed E-state index contributed by atoms with van der Waals surface area (Å²) in [6.07, 6.45) is 6.86. The Hall–Kier alpha value is -3.40. The summed E-state index contributed by atoms with van der Waals surface area (Å²) in [7, 11) is 1.30. The highest BCUT2D eigenvalue weighted by atomic mass is 32.2. The average molecular weight is 772 g/mol. The van der Waals surface area contributed by atoms with E-state index in [-0.39, 0.29) is 23.2 Å². The first-order valence-electron chi connectivity index (χ1n) is 18.4. The molecule has 0 spiro atoms. The van der Waals surface area contributed by atoms with Crippen molar-refractivity contribution in [1.29, 1.82) is 0 Å². The van der Waals surface area contributed by atoms with Gasteiger partial charge in [0.05, 0.1) is 41.4 Å². The number of likely N-dealkylation sites (N-methyl/N-ethyl adjacent to an activating group) is 2. The van der Waals surface area contributed by atoms with Crippen molar-refractivity contribution in [1.82, 2.24) is 25.3 Å². The number of aromatic amines is 1. The summed E-state index contributed by atoms with van der Waals surface area (Å²) in [6.45, 7) is 11.8. The molecular weight excluding hydrogens is 711 g/mol. The number of anilines is 1. The van der Waals surface area contributed by atoms with Gasteiger partial charge in [-0.05, 0) is 75.3 Å². The fraction of sp³-hybridized carbons (Fsp3) is 0.538. The molecule has 2 heterocycles. The van der Waals surface area contributed by atoms with E-state index in [1.807, 2.05) is 63.5 Å². The van der Waals surface area contributed by atoms with Crippen molar-refractivity contribution in [3.63, 3.8) is 0 Å². The minimum Gasteiger partial charge on any atom is -0.385 e. The third kappa shape index (κ3) is 15.8. The van der Waals surface area contributed by atoms with E-state index in [0.29, 0.717) is 25.3 Å². The molecule has 2 aromatic carbocycles. The number of sulfonamides is 1. The molecule has 0 atom stereocenters. The second-order valence-corrected chi connectivity index (χ2v) is 18.1. The first-order chi connectivity index (χ1) is 25.3. The zero-order valence-electron chi connectivity index (χ0n) is 32.7. The number of ether oxygens (including phenoxy) is 1. The molecule has 0 unspecified atom stereocenters. The van der Waals surface area contributed by atoms with Crippen LogP contribution in [-0.2, 0) is 36.9 Å². The molecule has 0 aliphatic carbocycles. The van der Waals surface area contributed by atoms with Crippen LogP contribution in [0.4, 0.5) is 5.69 Å². The molecule has 0 saturated carbocycles. The lowest BCUT2D eigenvalue weighted by Gasteiger charge is -2.18. The Labute approximate surface area is 318 Å². The molecule has 1 aliphatic heterocycles. The highest BCUT2D eigenvalue weighted by molar-refractivity contribution is 7.92. The molecule has 294 valence electrons. The summed E-state index contributed by atoms with van der Waals surface area (Å²) < 4.78 is 56.0. The van der Waals surface area contributed by atoms with Gasteiger partial charge < -0.3 is 19.9 Å². The van der Waals surface area contributed by atoms with Gasteiger partial charge in [0.25, 0.3) is 0 Å². The van der Waals surface area contributed by atoms with Crippen molar-refractivity contribution in [2.75, 3.05) is 83.8 Å². The second-order valence-electron chi connectivity index (χ2n) is 14.1. The summed E-state index contributed by atoms with van der Waals surface area (Å²) >= 11 is 0. The Morgan fingerprint density at radius 2 is 1.60 bits per heavy atom. The van der Waals surface area contributed by atoms with E-state index in [9.17, 15) is 16.8 Å². The number of methoxy groups -OCH3 is 1. The minimum absolute atomic E-state index is 0.0428. The van der Waals surface area contributed by atoms with Crippen molar-refractivity contribution >= 4 is 31.3 Å². The predicted octanol–water partition coefficient (Wildman–Crippen LogP) is 5.22. The first kappa shape index (κ1) is 44.0. The van der Waals surface area contributed by atoms with Gasteiger partial charge in [-0.2, -0.15) is 5.10 Å². The van der Waals surface area contributed by atoms with Gasteiger partial charge in [0.1, 0.15) is 0 Å². The van der Waals surface area contributed by atoms with Gasteiger partial charge in [-0.3, -0.25) is 14.8 Å². The number of sulfone groups is 1. The van der Waals surface area contributed by atoms with Crippen LogP contribution in [0.3, 0.4) is 0 Å². The molecule has 0 amide bonds. The molecule has 3 N–H and O–H groups in total. The van der Waals surface area contributed by atoms with E-state index in [2.05, 4.69) is 62.1 Å². The first-order valence-corrected chi connectivity index (χ1v) is 21.9. The molecular formula is C39H61N7O5S2. The largest absolute Gasteiger partial charge is 0.385 e. The van der Waals surface area contributed by atoms with Crippen LogP contribution >= 0.6 is 0 Å². The lowest BCUT2D eigenvalue weighted by Crippen LogP contribution is -2.30. The fourth-order valence-corrected chi connectivity index (χ4v) is 8.85. The lowest BCUT2D eigenvalue weighted by molar-refractivity contribution is 0.199. The molecule has 1 aliphatic rings. The Morgan fingerprint density at radius 3 is 2.25 bits per heavy atom. The highest BCUT2D eigenvalue weighted by Gasteiger charge is 2.18. The maximum atomic E-state index is 12.2. The zero-order valence-corrected chi connectivity index (χ0v) is 34.3. The number of hydrogen-bond acceptors (Lipinski definition) is 10. The van der Waals surface area contributed by atoms with Crippen LogP contribution in [0.2, 0.25) is 0 Å². The van der Waals surface area contributed by atoms with Crippen LogP contribution < -0.4 is 10.0 Å². The molecule has 1 aromatic heterocycles. The monoisotopic (exact) mass is 771 g/mol. The van der Waals surface area contributed by atoms with Gasteiger partial charge in [-0.15, -0.1) is 0 Å². The van der Waals surface area contributed by atoms with Crippen LogP contribution in [-0.4, -0.2) is 122 Å². The van der Waals surface area contributed by atoms with Crippen LogP contribution in [0.1, 0.15) is 56.7 Å². The second kappa shape index (κ2) is 22.1. The van der Waals surface area contributed by atoms with Gasteiger partial charge >= 0.3 is 0 Å². The van der Waals surface area contributed by atoms with Crippen molar-refractivity contribution in [2.45, 2.75) is 52.3 Å². The van der Waals surface area contributed by atoms with Gasteiger partial charge in [0.2, 0.25) is 10.0 Å². The number of benzene rings is 2. The van der Waals surface area contributed by atoms with Crippen LogP contribution in [0, 0.1) is 5.92 Å². The molecule has 4 rings (SSSR count). The maximum Gasteiger partial charge on any atom is 0.232 e. The smallest absolute Gasteiger partial charge is 0.232 e. The Morgan fingerprint density at radius 1 is 0.925 bits per heavy atom. The Bertz CT molecular complexity index is 1800. The third-order valence-corrected chi connectivity index (χ3v) is 11.9. The number of nitrogens with zero attached hydrogens (tertiary/aromatic N) is 4. The summed E-state index contributed by atoms with van der Waals surface area (Å²) in [4.78, 5) is 9.16. The van der Waals surface area contributed by atoms with Gasteiger partial charge in [-0.25, -0.2) is 16.8 Å². The zero-order chi connectivity index (χ0) is 38.9. The number of nitrogens with one attached hydrogen (secondary N) is 3. The number of H-pyrrole nitrogens is 1. The molecule has 0 fully saturated rings. The van der Waals surface area contributed by atoms with Crippen molar-refractivity contribution in [3.8, 4) is 11.3 Å². The number of rotatable bonds is 22. The predicted molar refractivity (Wildman–Crippen MR) is 219 cm³/mol. The van der Waals surface area contributed by atoms with Gasteiger partial charge in [0.15, 0.2) is 9.84 Å². The molecule has 53 heavy (non-hydrogen) atoms. The van der Waals surface area contributed by atoms with Gasteiger partial charge in [0, 0.05) is 56.7 Å². The number of unbranched alkanes of at least 4 members (excludes halogenated alkanes) is 1. The third-order valence-electron chi connectivity index (χ3n) is 8.54. The standard InChI is InChI=1S/C20H31N3O2S.C19H30N4O3S/c1-5-6-11-23(4)13-19-12-21-22-20(19)18-9-7-17(8-10-18)15-26(24,25)14-16(2)3;1-20-11-12-23(2)15-17-9-10-21-19(17)16-5-7-18(8-6-16)22-27(24,25)14-4-13-26-3/h7-10,12,16H,5-6,11,13-15H2,1-4H3,(H,21,22);5-9,20,22H,4,10-15H2,1-3H3. The summed E-state index contributed by atoms with van der Waals surface area (Å²) in [5.41, 5.74) is 7.78. The van der Waals surface area contributed by atoms with E-state index >= 15 is 0 Å². The molecule has 0 bridgehead atoms.